The molecule has 0 radical (unpaired) electrons. The van der Waals surface area contributed by atoms with Crippen molar-refractivity contribution in [3.8, 4) is 0 Å². The van der Waals surface area contributed by atoms with E-state index in [-0.39, 0.29) is 17.7 Å². The lowest BCUT2D eigenvalue weighted by Crippen LogP contribution is -2.54. The summed E-state index contributed by atoms with van der Waals surface area (Å²) in [5, 5.41) is 2.80. The van der Waals surface area contributed by atoms with Gasteiger partial charge < -0.3 is 19.9 Å². The molecule has 2 aliphatic heterocycles. The molecule has 32 heavy (non-hydrogen) atoms. The number of imide groups is 1. The minimum absolute atomic E-state index is 0.0139. The fourth-order valence-corrected chi connectivity index (χ4v) is 4.77. The normalized spacial score (nSPS) is 25.8. The number of aromatic nitrogens is 1. The van der Waals surface area contributed by atoms with E-state index in [1.807, 2.05) is 25.1 Å². The van der Waals surface area contributed by atoms with Gasteiger partial charge in [-0.25, -0.2) is 9.78 Å². The molecule has 1 saturated carbocycles. The molecule has 0 aromatic carbocycles. The Labute approximate surface area is 186 Å². The molecule has 2 saturated heterocycles. The molecule has 172 valence electrons. The number of carbonyl (C=O) groups excluding carboxylic acids is 4. The number of ether oxygens (including phenoxy) is 1. The Bertz CT molecular complexity index is 886. The highest BCUT2D eigenvalue weighted by molar-refractivity contribution is 6.09. The fourth-order valence-electron chi connectivity index (χ4n) is 4.77. The number of amides is 4. The number of hydrogen-bond acceptors (Lipinski definition) is 7. The van der Waals surface area contributed by atoms with Crippen LogP contribution < -0.4 is 10.2 Å². The van der Waals surface area contributed by atoms with Gasteiger partial charge >= 0.3 is 12.0 Å². The van der Waals surface area contributed by atoms with Gasteiger partial charge in [-0.2, -0.15) is 0 Å². The van der Waals surface area contributed by atoms with E-state index in [1.54, 1.807) is 11.1 Å². The van der Waals surface area contributed by atoms with Crippen LogP contribution in [0.2, 0.25) is 0 Å². The van der Waals surface area contributed by atoms with E-state index in [9.17, 15) is 19.2 Å². The van der Waals surface area contributed by atoms with Crippen molar-refractivity contribution in [2.24, 2.45) is 5.92 Å². The van der Waals surface area contributed by atoms with E-state index < -0.39 is 30.7 Å². The molecule has 1 aromatic heterocycles. The first-order chi connectivity index (χ1) is 15.4. The van der Waals surface area contributed by atoms with Crippen molar-refractivity contribution in [3.63, 3.8) is 0 Å². The van der Waals surface area contributed by atoms with Crippen LogP contribution in [-0.4, -0.2) is 83.5 Å². The summed E-state index contributed by atoms with van der Waals surface area (Å²) >= 11 is 0. The van der Waals surface area contributed by atoms with Crippen LogP contribution in [-0.2, 0) is 19.1 Å². The number of esters is 1. The molecular formula is C22H29N5O5. The van der Waals surface area contributed by atoms with Gasteiger partial charge in [0.15, 0.2) is 6.61 Å². The maximum Gasteiger partial charge on any atom is 0.326 e. The second-order valence-corrected chi connectivity index (χ2v) is 8.66. The highest BCUT2D eigenvalue weighted by atomic mass is 16.5. The molecule has 10 heteroatoms. The third-order valence-electron chi connectivity index (χ3n) is 6.75. The number of rotatable bonds is 5. The van der Waals surface area contributed by atoms with E-state index in [2.05, 4.69) is 15.2 Å². The predicted octanol–water partition coefficient (Wildman–Crippen LogP) is 0.774. The van der Waals surface area contributed by atoms with Crippen LogP contribution in [0.5, 0.6) is 0 Å². The van der Waals surface area contributed by atoms with E-state index in [4.69, 9.17) is 4.74 Å². The summed E-state index contributed by atoms with van der Waals surface area (Å²) < 4.78 is 5.10. The van der Waals surface area contributed by atoms with Gasteiger partial charge in [0.25, 0.3) is 11.8 Å². The first-order valence-electron chi connectivity index (χ1n) is 11.1. The average Bonchev–Trinajstić information content (AvgIpc) is 3.05. The van der Waals surface area contributed by atoms with Gasteiger partial charge in [-0.15, -0.1) is 0 Å². The Morgan fingerprint density at radius 2 is 1.97 bits per heavy atom. The number of carbonyl (C=O) groups is 4. The molecule has 10 nitrogen and oxygen atoms in total. The van der Waals surface area contributed by atoms with Gasteiger partial charge in [0.05, 0.1) is 0 Å². The quantitative estimate of drug-likeness (QED) is 0.528. The van der Waals surface area contributed by atoms with E-state index in [0.717, 1.165) is 30.0 Å². The zero-order chi connectivity index (χ0) is 22.7. The SMILES string of the molecule is CC1CCCCC12NC(=O)N(CC(=O)OCC(=O)N1CCN(c3ccccn3)CC1)C2=O. The number of piperazine rings is 1. The molecule has 2 atom stereocenters. The smallest absolute Gasteiger partial charge is 0.326 e. The van der Waals surface area contributed by atoms with Gasteiger partial charge in [-0.1, -0.05) is 25.8 Å². The number of nitrogens with zero attached hydrogens (tertiary/aromatic N) is 4. The second-order valence-electron chi connectivity index (χ2n) is 8.66. The second kappa shape index (κ2) is 9.13. The maximum absolute atomic E-state index is 12.9. The topological polar surface area (TPSA) is 112 Å². The third kappa shape index (κ3) is 4.26. The molecule has 4 rings (SSSR count). The Morgan fingerprint density at radius 1 is 1.19 bits per heavy atom. The number of nitrogens with one attached hydrogen (secondary N) is 1. The van der Waals surface area contributed by atoms with Crippen molar-refractivity contribution in [2.75, 3.05) is 44.2 Å². The van der Waals surface area contributed by atoms with Crippen molar-refractivity contribution in [2.45, 2.75) is 38.1 Å². The molecule has 3 heterocycles. The maximum atomic E-state index is 12.9. The molecule has 0 bridgehead atoms. The van der Waals surface area contributed by atoms with E-state index in [0.29, 0.717) is 32.6 Å². The molecule has 1 aliphatic carbocycles. The van der Waals surface area contributed by atoms with Crippen molar-refractivity contribution in [1.82, 2.24) is 20.1 Å². The lowest BCUT2D eigenvalue weighted by atomic mass is 9.73. The Hall–Kier alpha value is -3.17. The monoisotopic (exact) mass is 443 g/mol. The first-order valence-corrected chi connectivity index (χ1v) is 11.1. The molecule has 4 amide bonds. The average molecular weight is 444 g/mol. The van der Waals surface area contributed by atoms with Gasteiger partial charge in [0.2, 0.25) is 0 Å². The molecule has 1 N–H and O–H groups in total. The molecular weight excluding hydrogens is 414 g/mol. The number of pyridine rings is 1. The minimum atomic E-state index is -0.918. The van der Waals surface area contributed by atoms with Gasteiger partial charge in [0.1, 0.15) is 17.9 Å². The van der Waals surface area contributed by atoms with Crippen LogP contribution >= 0.6 is 0 Å². The van der Waals surface area contributed by atoms with Crippen molar-refractivity contribution >= 4 is 29.6 Å². The highest BCUT2D eigenvalue weighted by Gasteiger charge is 2.55. The molecule has 1 spiro atoms. The molecule has 2 unspecified atom stereocenters. The molecule has 3 aliphatic rings. The summed E-state index contributed by atoms with van der Waals surface area (Å²) in [5.74, 6) is -0.559. The number of urea groups is 1. The largest absolute Gasteiger partial charge is 0.454 e. The lowest BCUT2D eigenvalue weighted by molar-refractivity contribution is -0.154. The van der Waals surface area contributed by atoms with Crippen molar-refractivity contribution in [3.05, 3.63) is 24.4 Å². The lowest BCUT2D eigenvalue weighted by Gasteiger charge is -2.36. The van der Waals surface area contributed by atoms with Crippen LogP contribution in [0.1, 0.15) is 32.6 Å². The summed E-state index contributed by atoms with van der Waals surface area (Å²) in [6.07, 6.45) is 5.04. The van der Waals surface area contributed by atoms with Gasteiger partial charge in [0, 0.05) is 32.4 Å². The standard InChI is InChI=1S/C22H29N5O5/c1-16-6-2-4-8-22(16)20(30)27(21(31)24-22)14-19(29)32-15-18(28)26-12-10-25(11-13-26)17-7-3-5-9-23-17/h3,5,7,9,16H,2,4,6,8,10-15H2,1H3,(H,24,31). The third-order valence-corrected chi connectivity index (χ3v) is 6.75. The Morgan fingerprint density at radius 3 is 2.66 bits per heavy atom. The van der Waals surface area contributed by atoms with Crippen LogP contribution in [0.25, 0.3) is 0 Å². The predicted molar refractivity (Wildman–Crippen MR) is 115 cm³/mol. The fraction of sp³-hybridized carbons (Fsp3) is 0.591. The van der Waals surface area contributed by atoms with Crippen LogP contribution in [0.3, 0.4) is 0 Å². The molecule has 1 aromatic rings. The summed E-state index contributed by atoms with van der Waals surface area (Å²) in [6, 6.07) is 5.12. The van der Waals surface area contributed by atoms with E-state index in [1.165, 1.54) is 0 Å². The Kier molecular flexibility index (Phi) is 6.29. The molecule has 3 fully saturated rings. The van der Waals surface area contributed by atoms with Gasteiger partial charge in [-0.05, 0) is 30.9 Å². The number of hydrogen-bond donors (Lipinski definition) is 1. The van der Waals surface area contributed by atoms with Crippen LogP contribution in [0, 0.1) is 5.92 Å². The van der Waals surface area contributed by atoms with E-state index >= 15 is 0 Å². The zero-order valence-corrected chi connectivity index (χ0v) is 18.3. The van der Waals surface area contributed by atoms with Crippen LogP contribution in [0.15, 0.2) is 24.4 Å². The minimum Gasteiger partial charge on any atom is -0.454 e. The van der Waals surface area contributed by atoms with Gasteiger partial charge in [-0.3, -0.25) is 19.3 Å². The number of anilines is 1. The zero-order valence-electron chi connectivity index (χ0n) is 18.3. The first kappa shape index (κ1) is 22.0. The summed E-state index contributed by atoms with van der Waals surface area (Å²) in [4.78, 5) is 59.0. The van der Waals surface area contributed by atoms with Crippen molar-refractivity contribution < 1.29 is 23.9 Å². The summed E-state index contributed by atoms with van der Waals surface area (Å²) in [5.41, 5.74) is -0.918. The highest BCUT2D eigenvalue weighted by Crippen LogP contribution is 2.38. The van der Waals surface area contributed by atoms with Crippen LogP contribution in [0.4, 0.5) is 10.6 Å². The Balaban J connectivity index is 1.24. The summed E-state index contributed by atoms with van der Waals surface area (Å²) in [7, 11) is 0. The summed E-state index contributed by atoms with van der Waals surface area (Å²) in [6.45, 7) is 3.33. The van der Waals surface area contributed by atoms with Crippen molar-refractivity contribution in [1.29, 1.82) is 0 Å².